The summed E-state index contributed by atoms with van der Waals surface area (Å²) in [5.74, 6) is -0.121. The molecule has 3 rings (SSSR count). The third-order valence-corrected chi connectivity index (χ3v) is 7.95. The molecular weight excluding hydrogens is 425 g/mol. The Balaban J connectivity index is 1.68. The van der Waals surface area contributed by atoms with Crippen molar-refractivity contribution >= 4 is 27.3 Å². The first-order chi connectivity index (χ1) is 13.5. The maximum Gasteiger partial charge on any atom is 0.416 e. The summed E-state index contributed by atoms with van der Waals surface area (Å²) >= 11 is 1.43. The largest absolute Gasteiger partial charge is 0.416 e. The number of benzene rings is 1. The molecule has 29 heavy (non-hydrogen) atoms. The van der Waals surface area contributed by atoms with Gasteiger partial charge in [-0.05, 0) is 49.2 Å². The van der Waals surface area contributed by atoms with Crippen LogP contribution in [0.15, 0.2) is 35.2 Å². The maximum atomic E-state index is 12.7. The van der Waals surface area contributed by atoms with Crippen LogP contribution in [0.5, 0.6) is 0 Å². The van der Waals surface area contributed by atoms with Gasteiger partial charge in [-0.2, -0.15) is 17.5 Å². The molecule has 0 unspecified atom stereocenters. The van der Waals surface area contributed by atoms with E-state index in [4.69, 9.17) is 0 Å². The number of hydrogen-bond acceptors (Lipinski definition) is 4. The van der Waals surface area contributed by atoms with Crippen LogP contribution in [0.1, 0.15) is 32.6 Å². The van der Waals surface area contributed by atoms with Gasteiger partial charge < -0.3 is 4.90 Å². The quantitative estimate of drug-likeness (QED) is 0.718. The SMILES string of the molecule is CCc1cc(C(=O)N2CCN(S(=O)(=O)c3ccc(C(F)(F)F)cc3)CC2)sc1C. The number of rotatable bonds is 4. The molecule has 0 N–H and O–H groups in total. The first-order valence-electron chi connectivity index (χ1n) is 9.10. The van der Waals surface area contributed by atoms with Crippen LogP contribution in [-0.4, -0.2) is 49.7 Å². The topological polar surface area (TPSA) is 57.7 Å². The molecule has 0 atom stereocenters. The Labute approximate surface area is 171 Å². The Hall–Kier alpha value is -1.91. The van der Waals surface area contributed by atoms with Gasteiger partial charge in [-0.1, -0.05) is 6.92 Å². The summed E-state index contributed by atoms with van der Waals surface area (Å²) in [5.41, 5.74) is 0.228. The minimum Gasteiger partial charge on any atom is -0.335 e. The Morgan fingerprint density at radius 1 is 1.10 bits per heavy atom. The summed E-state index contributed by atoms with van der Waals surface area (Å²) in [6.45, 7) is 4.65. The average Bonchev–Trinajstić information content (AvgIpc) is 3.07. The lowest BCUT2D eigenvalue weighted by atomic mass is 10.2. The molecule has 0 radical (unpaired) electrons. The van der Waals surface area contributed by atoms with E-state index in [1.165, 1.54) is 15.6 Å². The van der Waals surface area contributed by atoms with E-state index < -0.39 is 21.8 Å². The highest BCUT2D eigenvalue weighted by Gasteiger charge is 2.33. The number of carbonyl (C=O) groups is 1. The van der Waals surface area contributed by atoms with Crippen LogP contribution in [0.3, 0.4) is 0 Å². The summed E-state index contributed by atoms with van der Waals surface area (Å²) in [6.07, 6.45) is -3.68. The fourth-order valence-electron chi connectivity index (χ4n) is 3.23. The molecule has 10 heteroatoms. The fraction of sp³-hybridized carbons (Fsp3) is 0.421. The van der Waals surface area contributed by atoms with E-state index in [0.29, 0.717) is 4.88 Å². The van der Waals surface area contributed by atoms with Crippen molar-refractivity contribution in [3.05, 3.63) is 51.2 Å². The van der Waals surface area contributed by atoms with E-state index in [1.54, 1.807) is 4.90 Å². The van der Waals surface area contributed by atoms with Crippen molar-refractivity contribution in [3.8, 4) is 0 Å². The van der Waals surface area contributed by atoms with Gasteiger partial charge in [0, 0.05) is 31.1 Å². The number of piperazine rings is 1. The molecule has 1 aromatic carbocycles. The molecule has 1 saturated heterocycles. The van der Waals surface area contributed by atoms with Crippen LogP contribution < -0.4 is 0 Å². The second kappa shape index (κ2) is 8.08. The van der Waals surface area contributed by atoms with Crippen LogP contribution in [0.2, 0.25) is 0 Å². The number of halogens is 3. The highest BCUT2D eigenvalue weighted by molar-refractivity contribution is 7.89. The van der Waals surface area contributed by atoms with Crippen molar-refractivity contribution in [1.29, 1.82) is 0 Å². The Morgan fingerprint density at radius 3 is 2.17 bits per heavy atom. The third kappa shape index (κ3) is 4.49. The first kappa shape index (κ1) is 21.8. The van der Waals surface area contributed by atoms with Gasteiger partial charge in [-0.15, -0.1) is 11.3 Å². The predicted octanol–water partition coefficient (Wildman–Crippen LogP) is 3.78. The molecule has 5 nitrogen and oxygen atoms in total. The van der Waals surface area contributed by atoms with Gasteiger partial charge in [0.1, 0.15) is 0 Å². The molecule has 1 amide bonds. The Kier molecular flexibility index (Phi) is 6.07. The van der Waals surface area contributed by atoms with Crippen molar-refractivity contribution in [2.24, 2.45) is 0 Å². The summed E-state index contributed by atoms with van der Waals surface area (Å²) < 4.78 is 64.7. The maximum absolute atomic E-state index is 12.7. The van der Waals surface area contributed by atoms with Gasteiger partial charge in [-0.25, -0.2) is 8.42 Å². The molecule has 0 bridgehead atoms. The van der Waals surface area contributed by atoms with E-state index >= 15 is 0 Å². The van der Waals surface area contributed by atoms with Gasteiger partial charge in [0.15, 0.2) is 0 Å². The molecule has 1 aliphatic heterocycles. The molecule has 2 heterocycles. The molecule has 1 aliphatic rings. The second-order valence-electron chi connectivity index (χ2n) is 6.76. The number of aryl methyl sites for hydroxylation is 2. The Morgan fingerprint density at radius 2 is 1.69 bits per heavy atom. The van der Waals surface area contributed by atoms with Crippen LogP contribution >= 0.6 is 11.3 Å². The van der Waals surface area contributed by atoms with Gasteiger partial charge in [0.2, 0.25) is 10.0 Å². The highest BCUT2D eigenvalue weighted by Crippen LogP contribution is 2.30. The lowest BCUT2D eigenvalue weighted by molar-refractivity contribution is -0.137. The number of hydrogen-bond donors (Lipinski definition) is 0. The number of carbonyl (C=O) groups excluding carboxylic acids is 1. The van der Waals surface area contributed by atoms with Crippen molar-refractivity contribution in [1.82, 2.24) is 9.21 Å². The van der Waals surface area contributed by atoms with Crippen molar-refractivity contribution in [3.63, 3.8) is 0 Å². The number of nitrogens with zero attached hydrogens (tertiary/aromatic N) is 2. The normalized spacial score (nSPS) is 16.2. The lowest BCUT2D eigenvalue weighted by Crippen LogP contribution is -2.50. The minimum absolute atomic E-state index is 0.0973. The van der Waals surface area contributed by atoms with Gasteiger partial charge in [0.25, 0.3) is 5.91 Å². The summed E-state index contributed by atoms with van der Waals surface area (Å²) in [4.78, 5) is 15.9. The highest BCUT2D eigenvalue weighted by atomic mass is 32.2. The van der Waals surface area contributed by atoms with E-state index in [-0.39, 0.29) is 37.0 Å². The number of sulfonamides is 1. The van der Waals surface area contributed by atoms with Crippen LogP contribution in [0.4, 0.5) is 13.2 Å². The van der Waals surface area contributed by atoms with Crippen molar-refractivity contribution < 1.29 is 26.4 Å². The van der Waals surface area contributed by atoms with Gasteiger partial charge >= 0.3 is 6.18 Å². The number of thiophene rings is 1. The zero-order valence-corrected chi connectivity index (χ0v) is 17.6. The lowest BCUT2D eigenvalue weighted by Gasteiger charge is -2.33. The molecule has 0 aliphatic carbocycles. The molecule has 2 aromatic rings. The second-order valence-corrected chi connectivity index (χ2v) is 9.96. The predicted molar refractivity (Wildman–Crippen MR) is 105 cm³/mol. The zero-order valence-electron chi connectivity index (χ0n) is 16.0. The monoisotopic (exact) mass is 446 g/mol. The van der Waals surface area contributed by atoms with Crippen molar-refractivity contribution in [2.45, 2.75) is 31.3 Å². The van der Waals surface area contributed by atoms with Gasteiger partial charge in [-0.3, -0.25) is 4.79 Å². The standard InChI is InChI=1S/C19H21F3N2O3S2/c1-3-14-12-17(28-13(14)2)18(25)23-8-10-24(11-9-23)29(26,27)16-6-4-15(5-7-16)19(20,21)22/h4-7,12H,3,8-11H2,1-2H3. The van der Waals surface area contributed by atoms with E-state index in [0.717, 1.165) is 41.1 Å². The Bertz CT molecular complexity index is 991. The molecule has 158 valence electrons. The molecule has 0 saturated carbocycles. The summed E-state index contributed by atoms with van der Waals surface area (Å²) in [7, 11) is -3.91. The first-order valence-corrected chi connectivity index (χ1v) is 11.4. The third-order valence-electron chi connectivity index (χ3n) is 4.96. The molecule has 0 spiro atoms. The van der Waals surface area contributed by atoms with Crippen LogP contribution in [0.25, 0.3) is 0 Å². The summed E-state index contributed by atoms with van der Waals surface area (Å²) in [6, 6.07) is 5.34. The number of amides is 1. The number of alkyl halides is 3. The smallest absolute Gasteiger partial charge is 0.335 e. The van der Waals surface area contributed by atoms with Gasteiger partial charge in [0.05, 0.1) is 15.3 Å². The molecular formula is C19H21F3N2O3S2. The van der Waals surface area contributed by atoms with E-state index in [9.17, 15) is 26.4 Å². The van der Waals surface area contributed by atoms with Crippen molar-refractivity contribution in [2.75, 3.05) is 26.2 Å². The van der Waals surface area contributed by atoms with Crippen LogP contribution in [-0.2, 0) is 22.6 Å². The van der Waals surface area contributed by atoms with E-state index in [1.807, 2.05) is 19.9 Å². The van der Waals surface area contributed by atoms with Crippen LogP contribution in [0, 0.1) is 6.92 Å². The minimum atomic E-state index is -4.52. The summed E-state index contributed by atoms with van der Waals surface area (Å²) in [5, 5.41) is 0. The molecule has 1 aromatic heterocycles. The average molecular weight is 447 g/mol. The molecule has 1 fully saturated rings. The fourth-order valence-corrected chi connectivity index (χ4v) is 5.73. The van der Waals surface area contributed by atoms with E-state index in [2.05, 4.69) is 0 Å². The zero-order chi connectivity index (χ0) is 21.4.